The van der Waals surface area contributed by atoms with Gasteiger partial charge in [-0.05, 0) is 0 Å². The number of ether oxygens (including phenoxy) is 2. The quantitative estimate of drug-likeness (QED) is 0.236. The lowest BCUT2D eigenvalue weighted by atomic mass is 9.75. The Hall–Kier alpha value is -0.440. The summed E-state index contributed by atoms with van der Waals surface area (Å²) in [5.74, 6) is 0. The molecule has 2 rings (SSSR count). The van der Waals surface area contributed by atoms with E-state index in [1.807, 2.05) is 0 Å². The highest BCUT2D eigenvalue weighted by Gasteiger charge is 2.63. The normalized spacial score (nSPS) is 54.9. The minimum Gasteiger partial charge on any atom is -0.394 e. The molecule has 0 radical (unpaired) electrons. The lowest BCUT2D eigenvalue weighted by molar-refractivity contribution is -0.367. The van der Waals surface area contributed by atoms with Crippen LogP contribution in [0.3, 0.4) is 0 Å². The maximum Gasteiger partial charge on any atom is 0.184 e. The van der Waals surface area contributed by atoms with Gasteiger partial charge >= 0.3 is 0 Å². The molecule has 2 aliphatic rings. The first-order valence-electron chi connectivity index (χ1n) is 7.03. The maximum atomic E-state index is 10.7. The molecular formula is C12H22O11. The lowest BCUT2D eigenvalue weighted by Crippen LogP contribution is -2.77. The summed E-state index contributed by atoms with van der Waals surface area (Å²) in [4.78, 5) is 0. The van der Waals surface area contributed by atoms with E-state index in [4.69, 9.17) is 14.6 Å². The second-order valence-corrected chi connectivity index (χ2v) is 5.77. The summed E-state index contributed by atoms with van der Waals surface area (Å²) in [6.45, 7) is -1.70. The summed E-state index contributed by atoms with van der Waals surface area (Å²) in [5.41, 5.74) is -2.64. The molecule has 2 saturated heterocycles. The molecule has 9 N–H and O–H groups in total. The van der Waals surface area contributed by atoms with E-state index < -0.39 is 73.9 Å². The van der Waals surface area contributed by atoms with Crippen molar-refractivity contribution in [2.24, 2.45) is 0 Å². The van der Waals surface area contributed by atoms with E-state index in [0.29, 0.717) is 0 Å². The van der Waals surface area contributed by atoms with Crippen molar-refractivity contribution in [1.82, 2.24) is 0 Å². The van der Waals surface area contributed by atoms with E-state index in [1.54, 1.807) is 0 Å². The smallest absolute Gasteiger partial charge is 0.184 e. The van der Waals surface area contributed by atoms with Crippen molar-refractivity contribution in [1.29, 1.82) is 0 Å². The Morgan fingerprint density at radius 2 is 1.35 bits per heavy atom. The average Bonchev–Trinajstić information content (AvgIpc) is 2.54. The van der Waals surface area contributed by atoms with Crippen molar-refractivity contribution in [3.8, 4) is 0 Å². The summed E-state index contributed by atoms with van der Waals surface area (Å²) in [6.07, 6.45) is -16.4. The van der Waals surface area contributed by atoms with Crippen LogP contribution < -0.4 is 0 Å². The zero-order chi connectivity index (χ0) is 17.5. The van der Waals surface area contributed by atoms with Crippen LogP contribution in [-0.2, 0) is 9.47 Å². The van der Waals surface area contributed by atoms with E-state index in [0.717, 1.165) is 0 Å². The van der Waals surface area contributed by atoms with E-state index >= 15 is 0 Å². The number of rotatable bonds is 3. The molecule has 1 unspecified atom stereocenters. The summed E-state index contributed by atoms with van der Waals surface area (Å²) in [5, 5.41) is 88.0. The first-order chi connectivity index (χ1) is 10.7. The number of aliphatic hydroxyl groups excluding tert-OH is 8. The van der Waals surface area contributed by atoms with Gasteiger partial charge in [0.25, 0.3) is 0 Å². The lowest BCUT2D eigenvalue weighted by Gasteiger charge is -2.54. The van der Waals surface area contributed by atoms with Crippen LogP contribution in [0.25, 0.3) is 0 Å². The Kier molecular flexibility index (Phi) is 5.60. The number of hydrogen-bond acceptors (Lipinski definition) is 11. The Bertz CT molecular complexity index is 402. The molecule has 11 nitrogen and oxygen atoms in total. The summed E-state index contributed by atoms with van der Waals surface area (Å²) < 4.78 is 9.97. The molecule has 0 spiro atoms. The highest BCUT2D eigenvalue weighted by Crippen LogP contribution is 2.38. The molecule has 136 valence electrons. The molecule has 0 amide bonds. The minimum absolute atomic E-state index is 0.774. The van der Waals surface area contributed by atoms with Gasteiger partial charge in [0.2, 0.25) is 0 Å². The van der Waals surface area contributed by atoms with E-state index in [2.05, 4.69) is 0 Å². The monoisotopic (exact) mass is 342 g/mol. The molecule has 23 heavy (non-hydrogen) atoms. The zero-order valence-corrected chi connectivity index (χ0v) is 12.0. The van der Waals surface area contributed by atoms with Crippen LogP contribution in [0.5, 0.6) is 0 Å². The van der Waals surface area contributed by atoms with Gasteiger partial charge in [-0.1, -0.05) is 0 Å². The molecule has 2 aliphatic heterocycles. The van der Waals surface area contributed by atoms with Crippen LogP contribution in [0.2, 0.25) is 0 Å². The third-order valence-corrected chi connectivity index (χ3v) is 4.42. The van der Waals surface area contributed by atoms with Crippen LogP contribution in [-0.4, -0.2) is 120 Å². The second kappa shape index (κ2) is 6.82. The third-order valence-electron chi connectivity index (χ3n) is 4.42. The average molecular weight is 342 g/mol. The molecule has 0 saturated carbocycles. The highest BCUT2D eigenvalue weighted by molar-refractivity contribution is 5.11. The molecular weight excluding hydrogens is 320 g/mol. The van der Waals surface area contributed by atoms with Gasteiger partial charge in [-0.15, -0.1) is 0 Å². The standard InChI is InChI=1S/C12H22O11/c13-1-3-5(15)6(16)7(17)10(22-3)12(21)4(2-14)23-11(20)8(18)9(12)19/h3-11,13-21H,1-2H2/t3-,4-,5+,6+,7-,8-,9-,10-,11?,12-/m1/s1. The van der Waals surface area contributed by atoms with Gasteiger partial charge in [-0.25, -0.2) is 0 Å². The molecule has 0 aromatic carbocycles. The number of hydrogen-bond donors (Lipinski definition) is 9. The van der Waals surface area contributed by atoms with Gasteiger partial charge in [0.1, 0.15) is 48.8 Å². The predicted octanol–water partition coefficient (Wildman–Crippen LogP) is -6.01. The molecule has 0 aromatic rings. The fourth-order valence-electron chi connectivity index (χ4n) is 3.00. The maximum absolute atomic E-state index is 10.7. The van der Waals surface area contributed by atoms with E-state index in [-0.39, 0.29) is 0 Å². The largest absolute Gasteiger partial charge is 0.394 e. The van der Waals surface area contributed by atoms with Gasteiger partial charge in [-0.2, -0.15) is 0 Å². The summed E-state index contributed by atoms with van der Waals surface area (Å²) >= 11 is 0. The predicted molar refractivity (Wildman–Crippen MR) is 68.7 cm³/mol. The van der Waals surface area contributed by atoms with Gasteiger partial charge < -0.3 is 55.4 Å². The fraction of sp³-hybridized carbons (Fsp3) is 1.00. The third kappa shape index (κ3) is 2.88. The Morgan fingerprint density at radius 1 is 0.739 bits per heavy atom. The Labute approximate surface area is 130 Å². The molecule has 2 fully saturated rings. The molecule has 10 atom stereocenters. The van der Waals surface area contributed by atoms with Crippen molar-refractivity contribution >= 4 is 0 Å². The SMILES string of the molecule is OC[C@H]1O[C@@H]([C@]2(O)[C@H](O)[C@@H](O)C(O)O[C@@H]2CO)[C@H](O)[C@@H](O)[C@H]1O. The van der Waals surface area contributed by atoms with Crippen LogP contribution in [0.1, 0.15) is 0 Å². The Morgan fingerprint density at radius 3 is 1.87 bits per heavy atom. The second-order valence-electron chi connectivity index (χ2n) is 5.77. The van der Waals surface area contributed by atoms with Crippen molar-refractivity contribution in [2.45, 2.75) is 60.7 Å². The van der Waals surface area contributed by atoms with Crippen molar-refractivity contribution in [2.75, 3.05) is 13.2 Å². The fourth-order valence-corrected chi connectivity index (χ4v) is 3.00. The first kappa shape index (κ1) is 18.9. The topological polar surface area (TPSA) is 201 Å². The molecule has 0 aliphatic carbocycles. The molecule has 2 heterocycles. The molecule has 0 bridgehead atoms. The summed E-state index contributed by atoms with van der Waals surface area (Å²) in [6, 6.07) is 0. The van der Waals surface area contributed by atoms with Gasteiger partial charge in [-0.3, -0.25) is 0 Å². The van der Waals surface area contributed by atoms with Crippen molar-refractivity contribution < 1.29 is 55.4 Å². The van der Waals surface area contributed by atoms with Crippen LogP contribution in [0, 0.1) is 0 Å². The van der Waals surface area contributed by atoms with E-state index in [9.17, 15) is 40.9 Å². The van der Waals surface area contributed by atoms with E-state index in [1.165, 1.54) is 0 Å². The molecule has 11 heteroatoms. The van der Waals surface area contributed by atoms with Crippen molar-refractivity contribution in [3.63, 3.8) is 0 Å². The zero-order valence-electron chi connectivity index (χ0n) is 12.0. The van der Waals surface area contributed by atoms with Crippen LogP contribution in [0.15, 0.2) is 0 Å². The summed E-state index contributed by atoms with van der Waals surface area (Å²) in [7, 11) is 0. The highest BCUT2D eigenvalue weighted by atomic mass is 16.6. The van der Waals surface area contributed by atoms with Gasteiger partial charge in [0.05, 0.1) is 13.2 Å². The van der Waals surface area contributed by atoms with Crippen LogP contribution in [0.4, 0.5) is 0 Å². The minimum atomic E-state index is -2.64. The molecule has 0 aromatic heterocycles. The van der Waals surface area contributed by atoms with Crippen molar-refractivity contribution in [3.05, 3.63) is 0 Å². The first-order valence-corrected chi connectivity index (χ1v) is 7.03. The van der Waals surface area contributed by atoms with Gasteiger partial charge in [0.15, 0.2) is 11.9 Å². The number of aliphatic hydroxyl groups is 9. The Balaban J connectivity index is 2.38. The van der Waals surface area contributed by atoms with Gasteiger partial charge in [0, 0.05) is 0 Å². The van der Waals surface area contributed by atoms with Crippen LogP contribution >= 0.6 is 0 Å².